The third-order valence-corrected chi connectivity index (χ3v) is 6.04. The number of hydrogen-bond acceptors (Lipinski definition) is 2. The Bertz CT molecular complexity index is 1090. The first-order valence-electron chi connectivity index (χ1n) is 10.7. The van der Waals surface area contributed by atoms with Gasteiger partial charge in [-0.25, -0.2) is 13.2 Å². The van der Waals surface area contributed by atoms with Crippen molar-refractivity contribution in [2.24, 2.45) is 5.92 Å². The molecule has 0 unspecified atom stereocenters. The molecule has 1 saturated carbocycles. The Balaban J connectivity index is 1.66. The van der Waals surface area contributed by atoms with Crippen molar-refractivity contribution >= 4 is 0 Å². The van der Waals surface area contributed by atoms with E-state index in [1.165, 1.54) is 37.5 Å². The van der Waals surface area contributed by atoms with Crippen molar-refractivity contribution in [3.63, 3.8) is 0 Å². The number of benzene rings is 2. The van der Waals surface area contributed by atoms with Gasteiger partial charge in [-0.05, 0) is 60.8 Å². The highest BCUT2D eigenvalue weighted by molar-refractivity contribution is 5.65. The van der Waals surface area contributed by atoms with Gasteiger partial charge in [0.15, 0.2) is 17.5 Å². The fourth-order valence-corrected chi connectivity index (χ4v) is 4.04. The smallest absolute Gasteiger partial charge is 0.200 e. The third kappa shape index (κ3) is 5.56. The van der Waals surface area contributed by atoms with Crippen LogP contribution in [0.25, 0.3) is 11.1 Å². The molecule has 3 rings (SSSR count). The van der Waals surface area contributed by atoms with Crippen molar-refractivity contribution in [3.05, 3.63) is 102 Å². The standard InChI is InChI=1S/C27H26F4O2/c1-16(24(28)25(29)17(2)33-3)4-5-18-6-8-19(9-7-18)22-14-15-23(27(31)26(22)30)20-10-12-21(32)13-11-20/h4-5,10-15,18-19,32H,1-2,6-9H2,3H3/b5-4+,25-24-. The zero-order valence-electron chi connectivity index (χ0n) is 18.4. The summed E-state index contributed by atoms with van der Waals surface area (Å²) >= 11 is 0. The lowest BCUT2D eigenvalue weighted by Crippen LogP contribution is -2.13. The van der Waals surface area contributed by atoms with E-state index in [0.29, 0.717) is 36.8 Å². The largest absolute Gasteiger partial charge is 0.508 e. The van der Waals surface area contributed by atoms with Crippen molar-refractivity contribution in [3.8, 4) is 16.9 Å². The van der Waals surface area contributed by atoms with Crippen molar-refractivity contribution in [1.29, 1.82) is 0 Å². The highest BCUT2D eigenvalue weighted by Crippen LogP contribution is 2.39. The highest BCUT2D eigenvalue weighted by atomic mass is 19.2. The van der Waals surface area contributed by atoms with Gasteiger partial charge in [0.05, 0.1) is 7.11 Å². The molecule has 0 saturated heterocycles. The molecule has 0 aromatic heterocycles. The summed E-state index contributed by atoms with van der Waals surface area (Å²) in [4.78, 5) is 0. The van der Waals surface area contributed by atoms with Gasteiger partial charge in [0.2, 0.25) is 5.83 Å². The van der Waals surface area contributed by atoms with E-state index in [1.54, 1.807) is 18.2 Å². The topological polar surface area (TPSA) is 29.5 Å². The number of methoxy groups -OCH3 is 1. The van der Waals surface area contributed by atoms with E-state index < -0.39 is 29.0 Å². The van der Waals surface area contributed by atoms with E-state index in [2.05, 4.69) is 17.9 Å². The second-order valence-corrected chi connectivity index (χ2v) is 8.13. The summed E-state index contributed by atoms with van der Waals surface area (Å²) in [5, 5.41) is 9.39. The van der Waals surface area contributed by atoms with Crippen LogP contribution in [-0.2, 0) is 4.74 Å². The molecule has 33 heavy (non-hydrogen) atoms. The van der Waals surface area contributed by atoms with Crippen LogP contribution in [0, 0.1) is 17.6 Å². The zero-order valence-corrected chi connectivity index (χ0v) is 18.4. The van der Waals surface area contributed by atoms with E-state index in [0.717, 1.165) is 0 Å². The van der Waals surface area contributed by atoms with Crippen molar-refractivity contribution in [2.45, 2.75) is 31.6 Å². The first-order valence-corrected chi connectivity index (χ1v) is 10.7. The molecule has 0 heterocycles. The van der Waals surface area contributed by atoms with Crippen LogP contribution in [-0.4, -0.2) is 12.2 Å². The molecule has 1 aliphatic carbocycles. The summed E-state index contributed by atoms with van der Waals surface area (Å²) in [5.41, 5.74) is 0.850. The van der Waals surface area contributed by atoms with E-state index in [4.69, 9.17) is 0 Å². The van der Waals surface area contributed by atoms with E-state index in [9.17, 15) is 22.7 Å². The maximum absolute atomic E-state index is 14.9. The number of halogens is 4. The van der Waals surface area contributed by atoms with E-state index >= 15 is 0 Å². The predicted molar refractivity (Wildman–Crippen MR) is 122 cm³/mol. The molecule has 1 fully saturated rings. The van der Waals surface area contributed by atoms with Gasteiger partial charge < -0.3 is 9.84 Å². The zero-order chi connectivity index (χ0) is 24.1. The average molecular weight is 458 g/mol. The Morgan fingerprint density at radius 3 is 2.18 bits per heavy atom. The number of rotatable bonds is 7. The molecule has 174 valence electrons. The molecular weight excluding hydrogens is 432 g/mol. The summed E-state index contributed by atoms with van der Waals surface area (Å²) in [6, 6.07) is 9.10. The Kier molecular flexibility index (Phi) is 7.79. The van der Waals surface area contributed by atoms with Gasteiger partial charge in [-0.15, -0.1) is 0 Å². The van der Waals surface area contributed by atoms with Crippen LogP contribution in [0.2, 0.25) is 0 Å². The summed E-state index contributed by atoms with van der Waals surface area (Å²) in [7, 11) is 1.20. The highest BCUT2D eigenvalue weighted by Gasteiger charge is 2.26. The molecular formula is C27H26F4O2. The lowest BCUT2D eigenvalue weighted by molar-refractivity contribution is 0.281. The SMILES string of the molecule is C=C(/C=C/C1CCC(c2ccc(-c3ccc(O)cc3)c(F)c2F)CC1)/C(F)=C(/F)C(=C)OC. The maximum Gasteiger partial charge on any atom is 0.200 e. The molecule has 1 aliphatic rings. The molecule has 0 radical (unpaired) electrons. The van der Waals surface area contributed by atoms with Gasteiger partial charge in [-0.1, -0.05) is 49.6 Å². The lowest BCUT2D eigenvalue weighted by atomic mass is 9.78. The molecule has 6 heteroatoms. The van der Waals surface area contributed by atoms with Crippen molar-refractivity contribution in [1.82, 2.24) is 0 Å². The second kappa shape index (κ2) is 10.6. The number of phenolic OH excluding ortho intramolecular Hbond substituents is 1. The predicted octanol–water partition coefficient (Wildman–Crippen LogP) is 8.03. The fraction of sp³-hybridized carbons (Fsp3) is 0.259. The molecule has 2 aromatic rings. The van der Waals surface area contributed by atoms with Crippen LogP contribution in [0.1, 0.15) is 37.2 Å². The lowest BCUT2D eigenvalue weighted by Gasteiger charge is -2.27. The van der Waals surface area contributed by atoms with Crippen LogP contribution in [0.5, 0.6) is 5.75 Å². The summed E-state index contributed by atoms with van der Waals surface area (Å²) in [6.07, 6.45) is 5.89. The van der Waals surface area contributed by atoms with Gasteiger partial charge in [-0.2, -0.15) is 4.39 Å². The van der Waals surface area contributed by atoms with Crippen molar-refractivity contribution in [2.75, 3.05) is 7.11 Å². The minimum Gasteiger partial charge on any atom is -0.508 e. The Labute approximate surface area is 191 Å². The van der Waals surface area contributed by atoms with Gasteiger partial charge >= 0.3 is 0 Å². The maximum atomic E-state index is 14.9. The first kappa shape index (κ1) is 24.4. The molecule has 2 nitrogen and oxygen atoms in total. The molecule has 0 aliphatic heterocycles. The van der Waals surface area contributed by atoms with Crippen LogP contribution in [0.4, 0.5) is 17.6 Å². The fourth-order valence-electron chi connectivity index (χ4n) is 4.04. The number of allylic oxidation sites excluding steroid dienone is 5. The second-order valence-electron chi connectivity index (χ2n) is 8.13. The molecule has 1 N–H and O–H groups in total. The van der Waals surface area contributed by atoms with Gasteiger partial charge in [0.25, 0.3) is 0 Å². The normalized spacial score (nSPS) is 19.3. The Morgan fingerprint density at radius 1 is 0.939 bits per heavy atom. The van der Waals surface area contributed by atoms with Gasteiger partial charge in [0.1, 0.15) is 11.5 Å². The van der Waals surface area contributed by atoms with Crippen LogP contribution < -0.4 is 0 Å². The number of aromatic hydroxyl groups is 1. The molecule has 0 atom stereocenters. The quantitative estimate of drug-likeness (QED) is 0.258. The van der Waals surface area contributed by atoms with Crippen LogP contribution in [0.15, 0.2) is 84.7 Å². The number of phenols is 1. The molecule has 0 spiro atoms. The van der Waals surface area contributed by atoms with Gasteiger partial charge in [-0.3, -0.25) is 0 Å². The number of hydrogen-bond donors (Lipinski definition) is 1. The first-order chi connectivity index (χ1) is 15.7. The van der Waals surface area contributed by atoms with Gasteiger partial charge in [0, 0.05) is 11.1 Å². The monoisotopic (exact) mass is 458 g/mol. The van der Waals surface area contributed by atoms with Crippen LogP contribution >= 0.6 is 0 Å². The molecule has 0 amide bonds. The summed E-state index contributed by atoms with van der Waals surface area (Å²) in [6.45, 7) is 6.81. The molecule has 0 bridgehead atoms. The number of ether oxygens (including phenoxy) is 1. The summed E-state index contributed by atoms with van der Waals surface area (Å²) < 4.78 is 62.1. The minimum absolute atomic E-state index is 0.0509. The molecule has 2 aromatic carbocycles. The van der Waals surface area contributed by atoms with Crippen LogP contribution in [0.3, 0.4) is 0 Å². The average Bonchev–Trinajstić information content (AvgIpc) is 2.83. The van der Waals surface area contributed by atoms with E-state index in [-0.39, 0.29) is 28.7 Å². The summed E-state index contributed by atoms with van der Waals surface area (Å²) in [5.74, 6) is -4.46. The minimum atomic E-state index is -1.19. The third-order valence-electron chi connectivity index (χ3n) is 6.04. The Hall–Kier alpha value is -3.28. The van der Waals surface area contributed by atoms with Crippen molar-refractivity contribution < 1.29 is 27.4 Å². The Morgan fingerprint density at radius 2 is 1.58 bits per heavy atom. The van der Waals surface area contributed by atoms with E-state index in [1.807, 2.05) is 0 Å².